The summed E-state index contributed by atoms with van der Waals surface area (Å²) >= 11 is 7.85. The highest BCUT2D eigenvalue weighted by molar-refractivity contribution is 7.10. The van der Waals surface area contributed by atoms with E-state index in [-0.39, 0.29) is 6.61 Å². The Balaban J connectivity index is 1.17. The number of aromatic nitrogens is 1. The molecule has 2 N–H and O–H groups in total. The molecule has 0 saturated carbocycles. The van der Waals surface area contributed by atoms with Gasteiger partial charge in [0.15, 0.2) is 0 Å². The molecule has 1 aliphatic heterocycles. The van der Waals surface area contributed by atoms with Gasteiger partial charge in [-0.15, -0.1) is 11.3 Å². The Morgan fingerprint density at radius 2 is 1.76 bits per heavy atom. The Morgan fingerprint density at radius 1 is 0.952 bits per heavy atom. The molecule has 6 rings (SSSR count). The normalized spacial score (nSPS) is 14.1. The quantitative estimate of drug-likeness (QED) is 0.187. The third kappa shape index (κ3) is 6.57. The monoisotopic (exact) mass is 595 g/mol. The minimum atomic E-state index is 0.221. The molecular formula is C33H30ClN5O2S. The van der Waals surface area contributed by atoms with Crippen LogP contribution in [0.15, 0.2) is 84.4 Å². The number of hydrogen-bond donors (Lipinski definition) is 2. The summed E-state index contributed by atoms with van der Waals surface area (Å²) in [7, 11) is 0. The van der Waals surface area contributed by atoms with E-state index in [0.29, 0.717) is 22.1 Å². The lowest BCUT2D eigenvalue weighted by Crippen LogP contribution is -2.46. The second-order valence-corrected chi connectivity index (χ2v) is 11.7. The van der Waals surface area contributed by atoms with Crippen molar-refractivity contribution in [2.75, 3.05) is 44.6 Å². The van der Waals surface area contributed by atoms with Crippen molar-refractivity contribution < 1.29 is 9.84 Å². The molecule has 0 atom stereocenters. The maximum Gasteiger partial charge on any atom is 0.128 e. The minimum absolute atomic E-state index is 0.221. The van der Waals surface area contributed by atoms with Gasteiger partial charge < -0.3 is 15.2 Å². The molecule has 0 unspecified atom stereocenters. The van der Waals surface area contributed by atoms with Crippen molar-refractivity contribution in [1.29, 1.82) is 5.26 Å². The number of benzene rings is 3. The van der Waals surface area contributed by atoms with Gasteiger partial charge in [-0.1, -0.05) is 29.8 Å². The third-order valence-electron chi connectivity index (χ3n) is 7.39. The number of thiophene rings is 1. The van der Waals surface area contributed by atoms with Crippen molar-refractivity contribution in [2.45, 2.75) is 6.54 Å². The fourth-order valence-corrected chi connectivity index (χ4v) is 6.27. The molecule has 1 fully saturated rings. The van der Waals surface area contributed by atoms with Gasteiger partial charge in [0.05, 0.1) is 23.4 Å². The number of ether oxygens (including phenoxy) is 1. The van der Waals surface area contributed by atoms with Crippen LogP contribution in [-0.4, -0.2) is 59.2 Å². The van der Waals surface area contributed by atoms with Gasteiger partial charge in [-0.3, -0.25) is 14.8 Å². The molecule has 2 aromatic heterocycles. The molecule has 1 aliphatic rings. The fraction of sp³-hybridized carbons (Fsp3) is 0.212. The maximum absolute atomic E-state index is 9.82. The standard InChI is InChI=1S/C33H30ClN5O2S/c34-26-2-1-3-29(18-26)41-28-7-5-27(6-8-28)37-33-25(19-35)20-36-32-17-23(4-9-31(32)33)24-16-30(42-22-24)21-39-12-10-38(11-13-39)14-15-40/h1-9,16-18,20,22,40H,10-15,21H2,(H,36,37). The lowest BCUT2D eigenvalue weighted by atomic mass is 10.0. The van der Waals surface area contributed by atoms with Crippen LogP contribution in [0.4, 0.5) is 11.4 Å². The van der Waals surface area contributed by atoms with Crippen LogP contribution < -0.4 is 10.1 Å². The Hall–Kier alpha value is -3.97. The molecule has 212 valence electrons. The Labute approximate surface area is 254 Å². The predicted molar refractivity (Wildman–Crippen MR) is 170 cm³/mol. The van der Waals surface area contributed by atoms with Crippen LogP contribution >= 0.6 is 22.9 Å². The number of pyridine rings is 1. The van der Waals surface area contributed by atoms with Crippen molar-refractivity contribution in [3.05, 3.63) is 99.8 Å². The summed E-state index contributed by atoms with van der Waals surface area (Å²) in [5, 5.41) is 26.1. The number of β-amino-alcohol motifs (C(OH)–C–C–N with tert-alkyl or cyclic N) is 1. The van der Waals surface area contributed by atoms with Crippen LogP contribution in [0.2, 0.25) is 5.02 Å². The number of nitriles is 1. The van der Waals surface area contributed by atoms with Crippen molar-refractivity contribution in [2.24, 2.45) is 0 Å². The van der Waals surface area contributed by atoms with E-state index in [4.69, 9.17) is 16.3 Å². The molecule has 0 aliphatic carbocycles. The number of nitrogens with zero attached hydrogens (tertiary/aromatic N) is 4. The Kier molecular flexibility index (Phi) is 8.65. The summed E-state index contributed by atoms with van der Waals surface area (Å²) in [5.74, 6) is 1.35. The van der Waals surface area contributed by atoms with Gasteiger partial charge in [-0.05, 0) is 71.1 Å². The fourth-order valence-electron chi connectivity index (χ4n) is 5.16. The van der Waals surface area contributed by atoms with E-state index in [1.54, 1.807) is 29.7 Å². The van der Waals surface area contributed by atoms with Gasteiger partial charge in [-0.2, -0.15) is 5.26 Å². The molecular weight excluding hydrogens is 566 g/mol. The molecule has 0 spiro atoms. The van der Waals surface area contributed by atoms with Crippen LogP contribution in [0.3, 0.4) is 0 Å². The second kappa shape index (κ2) is 12.9. The number of rotatable bonds is 9. The number of fused-ring (bicyclic) bond motifs is 1. The van der Waals surface area contributed by atoms with E-state index >= 15 is 0 Å². The first-order valence-electron chi connectivity index (χ1n) is 13.8. The highest BCUT2D eigenvalue weighted by atomic mass is 35.5. The van der Waals surface area contributed by atoms with Crippen LogP contribution in [-0.2, 0) is 6.54 Å². The van der Waals surface area contributed by atoms with Gasteiger partial charge in [-0.25, -0.2) is 0 Å². The molecule has 3 aromatic carbocycles. The van der Waals surface area contributed by atoms with Gasteiger partial charge in [0.25, 0.3) is 0 Å². The minimum Gasteiger partial charge on any atom is -0.457 e. The topological polar surface area (TPSA) is 84.7 Å². The first kappa shape index (κ1) is 28.2. The van der Waals surface area contributed by atoms with Crippen molar-refractivity contribution in [1.82, 2.24) is 14.8 Å². The molecule has 3 heterocycles. The first-order valence-corrected chi connectivity index (χ1v) is 15.1. The third-order valence-corrected chi connectivity index (χ3v) is 8.55. The van der Waals surface area contributed by atoms with Crippen LogP contribution in [0.1, 0.15) is 10.4 Å². The zero-order valence-electron chi connectivity index (χ0n) is 23.0. The van der Waals surface area contributed by atoms with Crippen molar-refractivity contribution in [3.63, 3.8) is 0 Å². The molecule has 42 heavy (non-hydrogen) atoms. The number of aliphatic hydroxyl groups is 1. The lowest BCUT2D eigenvalue weighted by molar-refractivity contribution is 0.109. The SMILES string of the molecule is N#Cc1cnc2cc(-c3csc(CN4CCN(CCO)CC4)c3)ccc2c1Nc1ccc(Oc2cccc(Cl)c2)cc1. The average Bonchev–Trinajstić information content (AvgIpc) is 3.48. The van der Waals surface area contributed by atoms with Crippen LogP contribution in [0, 0.1) is 11.3 Å². The van der Waals surface area contributed by atoms with E-state index in [1.807, 2.05) is 42.5 Å². The summed E-state index contributed by atoms with van der Waals surface area (Å²) in [6, 6.07) is 25.6. The number of nitrogens with one attached hydrogen (secondary N) is 1. The molecule has 1 saturated heterocycles. The van der Waals surface area contributed by atoms with E-state index in [1.165, 1.54) is 10.4 Å². The van der Waals surface area contributed by atoms with E-state index in [2.05, 4.69) is 49.7 Å². The smallest absolute Gasteiger partial charge is 0.128 e. The van der Waals surface area contributed by atoms with Gasteiger partial charge in [0.1, 0.15) is 17.6 Å². The van der Waals surface area contributed by atoms with E-state index in [9.17, 15) is 10.4 Å². The summed E-state index contributed by atoms with van der Waals surface area (Å²) in [6.45, 7) is 5.94. The largest absolute Gasteiger partial charge is 0.457 e. The number of anilines is 2. The second-order valence-electron chi connectivity index (χ2n) is 10.2. The molecule has 5 aromatic rings. The number of piperazine rings is 1. The molecule has 0 bridgehead atoms. The summed E-state index contributed by atoms with van der Waals surface area (Å²) < 4.78 is 5.91. The van der Waals surface area contributed by atoms with E-state index < -0.39 is 0 Å². The molecule has 0 radical (unpaired) electrons. The van der Waals surface area contributed by atoms with Crippen molar-refractivity contribution >= 4 is 45.2 Å². The first-order chi connectivity index (χ1) is 20.6. The molecule has 0 amide bonds. The van der Waals surface area contributed by atoms with Gasteiger partial charge >= 0.3 is 0 Å². The predicted octanol–water partition coefficient (Wildman–Crippen LogP) is 7.13. The number of aliphatic hydroxyl groups excluding tert-OH is 1. The maximum atomic E-state index is 9.82. The summed E-state index contributed by atoms with van der Waals surface area (Å²) in [5.41, 5.74) is 5.13. The lowest BCUT2D eigenvalue weighted by Gasteiger charge is -2.34. The molecule has 9 heteroatoms. The number of hydrogen-bond acceptors (Lipinski definition) is 8. The van der Waals surface area contributed by atoms with Crippen LogP contribution in [0.25, 0.3) is 22.0 Å². The Morgan fingerprint density at radius 3 is 2.52 bits per heavy atom. The zero-order chi connectivity index (χ0) is 28.9. The summed E-state index contributed by atoms with van der Waals surface area (Å²) in [6.07, 6.45) is 1.63. The Bertz CT molecular complexity index is 1730. The summed E-state index contributed by atoms with van der Waals surface area (Å²) in [4.78, 5) is 10.7. The zero-order valence-corrected chi connectivity index (χ0v) is 24.5. The molecule has 7 nitrogen and oxygen atoms in total. The van der Waals surface area contributed by atoms with Crippen LogP contribution in [0.5, 0.6) is 11.5 Å². The van der Waals surface area contributed by atoms with Crippen molar-refractivity contribution in [3.8, 4) is 28.7 Å². The number of halogens is 1. The van der Waals surface area contributed by atoms with E-state index in [0.717, 1.165) is 67.1 Å². The highest BCUT2D eigenvalue weighted by Crippen LogP contribution is 2.34. The van der Waals surface area contributed by atoms with Gasteiger partial charge in [0.2, 0.25) is 0 Å². The average molecular weight is 596 g/mol. The van der Waals surface area contributed by atoms with Gasteiger partial charge in [0, 0.05) is 66.4 Å². The highest BCUT2D eigenvalue weighted by Gasteiger charge is 2.17.